The lowest BCUT2D eigenvalue weighted by Gasteiger charge is -2.34. The quantitative estimate of drug-likeness (QED) is 0.866. The molecule has 0 radical (unpaired) electrons. The smallest absolute Gasteiger partial charge is 0.409 e. The maximum atomic E-state index is 11.8. The van der Waals surface area contributed by atoms with Crippen molar-refractivity contribution in [3.05, 3.63) is 36.2 Å². The topological polar surface area (TPSA) is 79.8 Å². The summed E-state index contributed by atoms with van der Waals surface area (Å²) in [4.78, 5) is 24.7. The third-order valence-electron chi connectivity index (χ3n) is 4.32. The van der Waals surface area contributed by atoms with Crippen LogP contribution in [0.15, 0.2) is 30.3 Å². The molecule has 2 aromatic rings. The molecule has 1 fully saturated rings. The van der Waals surface area contributed by atoms with Gasteiger partial charge in [0.05, 0.1) is 13.7 Å². The molecule has 1 amide bonds. The third-order valence-corrected chi connectivity index (χ3v) is 4.32. The van der Waals surface area contributed by atoms with E-state index in [2.05, 4.69) is 20.2 Å². The minimum absolute atomic E-state index is 0.252. The van der Waals surface area contributed by atoms with E-state index in [0.717, 1.165) is 23.1 Å². The molecule has 0 atom stereocenters. The second kappa shape index (κ2) is 8.57. The average Bonchev–Trinajstić information content (AvgIpc) is 2.68. The summed E-state index contributed by atoms with van der Waals surface area (Å²) in [5.74, 6) is 3.08. The van der Waals surface area contributed by atoms with Gasteiger partial charge in [0.15, 0.2) is 0 Å². The van der Waals surface area contributed by atoms with E-state index in [9.17, 15) is 4.79 Å². The van der Waals surface area contributed by atoms with Crippen molar-refractivity contribution in [1.82, 2.24) is 14.9 Å². The molecule has 8 nitrogen and oxygen atoms in total. The highest BCUT2D eigenvalue weighted by atomic mass is 16.6. The molecule has 144 valence electrons. The van der Waals surface area contributed by atoms with Crippen molar-refractivity contribution in [2.45, 2.75) is 13.8 Å². The summed E-state index contributed by atoms with van der Waals surface area (Å²) in [6.07, 6.45) is -0.252. The molecule has 2 heterocycles. The molecule has 0 saturated carbocycles. The minimum atomic E-state index is -0.252. The first-order chi connectivity index (χ1) is 13.1. The number of aryl methyl sites for hydroxylation is 1. The summed E-state index contributed by atoms with van der Waals surface area (Å²) in [6, 6.07) is 9.59. The van der Waals surface area contributed by atoms with Gasteiger partial charge in [0.25, 0.3) is 0 Å². The number of aromatic nitrogens is 2. The maximum absolute atomic E-state index is 11.8. The standard InChI is InChI=1S/C19H25N5O3/c1-4-27-19(25)24-11-9-23(10-12-24)18-13-17(20-14(2)21-18)22-15-5-7-16(26-3)8-6-15/h5-8,13H,4,9-12H2,1-3H3,(H,20,21,22). The minimum Gasteiger partial charge on any atom is -0.497 e. The summed E-state index contributed by atoms with van der Waals surface area (Å²) in [6.45, 7) is 6.72. The largest absolute Gasteiger partial charge is 0.497 e. The predicted molar refractivity (Wildman–Crippen MR) is 104 cm³/mol. The number of amides is 1. The van der Waals surface area contributed by atoms with E-state index < -0.39 is 0 Å². The number of piperazine rings is 1. The predicted octanol–water partition coefficient (Wildman–Crippen LogP) is 2.82. The van der Waals surface area contributed by atoms with Crippen molar-refractivity contribution < 1.29 is 14.3 Å². The van der Waals surface area contributed by atoms with Crippen LogP contribution >= 0.6 is 0 Å². The Kier molecular flexibility index (Phi) is 5.95. The van der Waals surface area contributed by atoms with Crippen LogP contribution in [0.1, 0.15) is 12.7 Å². The summed E-state index contributed by atoms with van der Waals surface area (Å²) >= 11 is 0. The van der Waals surface area contributed by atoms with E-state index >= 15 is 0 Å². The summed E-state index contributed by atoms with van der Waals surface area (Å²) in [5, 5.41) is 3.30. The van der Waals surface area contributed by atoms with Gasteiger partial charge in [-0.05, 0) is 38.1 Å². The highest BCUT2D eigenvalue weighted by Gasteiger charge is 2.23. The number of nitrogens with one attached hydrogen (secondary N) is 1. The van der Waals surface area contributed by atoms with Crippen molar-refractivity contribution in [1.29, 1.82) is 0 Å². The SMILES string of the molecule is CCOC(=O)N1CCN(c2cc(Nc3ccc(OC)cc3)nc(C)n2)CC1. The van der Waals surface area contributed by atoms with Gasteiger partial charge in [-0.25, -0.2) is 14.8 Å². The number of carbonyl (C=O) groups is 1. The van der Waals surface area contributed by atoms with Gasteiger partial charge < -0.3 is 24.6 Å². The van der Waals surface area contributed by atoms with Gasteiger partial charge in [0.1, 0.15) is 23.2 Å². The van der Waals surface area contributed by atoms with Crippen LogP contribution in [0.25, 0.3) is 0 Å². The molecule has 1 aromatic carbocycles. The molecule has 0 aliphatic carbocycles. The first-order valence-corrected chi connectivity index (χ1v) is 9.02. The fourth-order valence-corrected chi connectivity index (χ4v) is 2.93. The number of anilines is 3. The molecule has 1 aliphatic rings. The number of carbonyl (C=O) groups excluding carboxylic acids is 1. The van der Waals surface area contributed by atoms with Gasteiger partial charge in [0, 0.05) is 37.9 Å². The van der Waals surface area contributed by atoms with Crippen molar-refractivity contribution in [2.75, 3.05) is 50.1 Å². The number of hydrogen-bond donors (Lipinski definition) is 1. The van der Waals surface area contributed by atoms with E-state index in [4.69, 9.17) is 9.47 Å². The normalized spacial score (nSPS) is 14.0. The zero-order valence-corrected chi connectivity index (χ0v) is 15.9. The molecule has 0 unspecified atom stereocenters. The monoisotopic (exact) mass is 371 g/mol. The Morgan fingerprint density at radius 3 is 2.48 bits per heavy atom. The van der Waals surface area contributed by atoms with Crippen LogP contribution in [0.4, 0.5) is 22.1 Å². The number of hydrogen-bond acceptors (Lipinski definition) is 7. The van der Waals surface area contributed by atoms with E-state index in [-0.39, 0.29) is 6.09 Å². The number of methoxy groups -OCH3 is 1. The van der Waals surface area contributed by atoms with Gasteiger partial charge in [-0.15, -0.1) is 0 Å². The number of benzene rings is 1. The summed E-state index contributed by atoms with van der Waals surface area (Å²) in [7, 11) is 1.64. The third kappa shape index (κ3) is 4.78. The molecule has 3 rings (SSSR count). The Morgan fingerprint density at radius 1 is 1.15 bits per heavy atom. The zero-order chi connectivity index (χ0) is 19.2. The lowest BCUT2D eigenvalue weighted by molar-refractivity contribution is 0.105. The van der Waals surface area contributed by atoms with Gasteiger partial charge in [-0.1, -0.05) is 0 Å². The summed E-state index contributed by atoms with van der Waals surface area (Å²) < 4.78 is 10.2. The number of rotatable bonds is 5. The van der Waals surface area contributed by atoms with Crippen LogP contribution in [0, 0.1) is 6.92 Å². The van der Waals surface area contributed by atoms with E-state index in [0.29, 0.717) is 38.6 Å². The van der Waals surface area contributed by atoms with Crippen molar-refractivity contribution in [3.8, 4) is 5.75 Å². The van der Waals surface area contributed by atoms with Crippen LogP contribution in [0.5, 0.6) is 5.75 Å². The molecule has 1 saturated heterocycles. The van der Waals surface area contributed by atoms with Crippen LogP contribution in [0.2, 0.25) is 0 Å². The van der Waals surface area contributed by atoms with Gasteiger partial charge in [-0.3, -0.25) is 0 Å². The van der Waals surface area contributed by atoms with Crippen LogP contribution in [0.3, 0.4) is 0 Å². The fraction of sp³-hybridized carbons (Fsp3) is 0.421. The molecule has 0 spiro atoms. The Morgan fingerprint density at radius 2 is 1.85 bits per heavy atom. The number of ether oxygens (including phenoxy) is 2. The molecular weight excluding hydrogens is 346 g/mol. The van der Waals surface area contributed by atoms with Crippen molar-refractivity contribution in [3.63, 3.8) is 0 Å². The first kappa shape index (κ1) is 18.8. The van der Waals surface area contributed by atoms with Crippen LogP contribution < -0.4 is 15.0 Å². The summed E-state index contributed by atoms with van der Waals surface area (Å²) in [5.41, 5.74) is 0.923. The average molecular weight is 371 g/mol. The van der Waals surface area contributed by atoms with Crippen LogP contribution in [-0.4, -0.2) is 60.9 Å². The van der Waals surface area contributed by atoms with E-state index in [1.165, 1.54) is 0 Å². The molecule has 0 bridgehead atoms. The Hall–Kier alpha value is -3.03. The first-order valence-electron chi connectivity index (χ1n) is 9.02. The molecule has 1 N–H and O–H groups in total. The molecule has 27 heavy (non-hydrogen) atoms. The van der Waals surface area contributed by atoms with Crippen molar-refractivity contribution in [2.24, 2.45) is 0 Å². The lowest BCUT2D eigenvalue weighted by Crippen LogP contribution is -2.49. The Balaban J connectivity index is 1.67. The fourth-order valence-electron chi connectivity index (χ4n) is 2.93. The van der Waals surface area contributed by atoms with E-state index in [1.54, 1.807) is 12.0 Å². The number of nitrogens with zero attached hydrogens (tertiary/aromatic N) is 4. The highest BCUT2D eigenvalue weighted by Crippen LogP contribution is 2.22. The molecular formula is C19H25N5O3. The lowest BCUT2D eigenvalue weighted by atomic mass is 10.3. The molecule has 8 heteroatoms. The molecule has 1 aromatic heterocycles. The Labute approximate surface area is 159 Å². The van der Waals surface area contributed by atoms with Gasteiger partial charge in [0.2, 0.25) is 0 Å². The molecule has 1 aliphatic heterocycles. The highest BCUT2D eigenvalue weighted by molar-refractivity contribution is 5.68. The van der Waals surface area contributed by atoms with Crippen LogP contribution in [-0.2, 0) is 4.74 Å². The second-order valence-corrected chi connectivity index (χ2v) is 6.19. The van der Waals surface area contributed by atoms with E-state index in [1.807, 2.05) is 44.2 Å². The second-order valence-electron chi connectivity index (χ2n) is 6.19. The van der Waals surface area contributed by atoms with Gasteiger partial charge in [-0.2, -0.15) is 0 Å². The van der Waals surface area contributed by atoms with Gasteiger partial charge >= 0.3 is 6.09 Å². The Bertz CT molecular complexity index is 773. The van der Waals surface area contributed by atoms with Crippen molar-refractivity contribution >= 4 is 23.4 Å². The zero-order valence-electron chi connectivity index (χ0n) is 15.9. The maximum Gasteiger partial charge on any atom is 0.409 e.